The van der Waals surface area contributed by atoms with Gasteiger partial charge in [0.05, 0.1) is 18.1 Å². The van der Waals surface area contributed by atoms with Crippen molar-refractivity contribution in [3.63, 3.8) is 0 Å². The van der Waals surface area contributed by atoms with Crippen molar-refractivity contribution >= 4 is 35.6 Å². The van der Waals surface area contributed by atoms with Crippen molar-refractivity contribution in [3.05, 3.63) is 10.6 Å². The number of carbonyl (C=O) groups is 4. The number of carboxylic acids is 1. The summed E-state index contributed by atoms with van der Waals surface area (Å²) in [6.45, 7) is 6.24. The van der Waals surface area contributed by atoms with Crippen LogP contribution in [0.5, 0.6) is 0 Å². The van der Waals surface area contributed by atoms with Crippen LogP contribution in [0.3, 0.4) is 0 Å². The zero-order valence-corrected chi connectivity index (χ0v) is 18.1. The average molecular weight is 438 g/mol. The molecule has 3 saturated heterocycles. The van der Waals surface area contributed by atoms with Crippen molar-refractivity contribution in [2.24, 2.45) is 11.8 Å². The zero-order valence-electron chi connectivity index (χ0n) is 17.3. The van der Waals surface area contributed by atoms with Gasteiger partial charge in [-0.05, 0) is 19.8 Å². The van der Waals surface area contributed by atoms with Crippen LogP contribution in [0, 0.1) is 11.8 Å². The number of carboxylic acid groups (broad SMARTS) is 1. The van der Waals surface area contributed by atoms with E-state index in [0.29, 0.717) is 24.4 Å². The third-order valence-electron chi connectivity index (χ3n) is 6.63. The number of carbonyl (C=O) groups excluding carboxylic acids is 3. The molecule has 10 heteroatoms. The molecule has 0 unspecified atom stereocenters. The van der Waals surface area contributed by atoms with Crippen molar-refractivity contribution in [1.29, 1.82) is 0 Å². The minimum atomic E-state index is -1.17. The highest BCUT2D eigenvalue weighted by Crippen LogP contribution is 2.52. The van der Waals surface area contributed by atoms with Gasteiger partial charge in [-0.25, -0.2) is 9.59 Å². The Morgan fingerprint density at radius 1 is 1.27 bits per heavy atom. The van der Waals surface area contributed by atoms with Crippen LogP contribution in [0.2, 0.25) is 0 Å². The minimum Gasteiger partial charge on any atom is -0.477 e. The first-order valence-electron chi connectivity index (χ1n) is 10.5. The Balaban J connectivity index is 1.51. The second kappa shape index (κ2) is 7.56. The van der Waals surface area contributed by atoms with Gasteiger partial charge in [0, 0.05) is 29.2 Å². The number of thioether (sulfide) groups is 1. The van der Waals surface area contributed by atoms with E-state index in [1.165, 1.54) is 21.6 Å². The molecule has 4 aliphatic heterocycles. The Kier molecular flexibility index (Phi) is 5.34. The van der Waals surface area contributed by atoms with Crippen LogP contribution in [0.4, 0.5) is 4.79 Å². The van der Waals surface area contributed by atoms with E-state index in [2.05, 4.69) is 0 Å². The number of aliphatic hydroxyl groups excluding tert-OH is 1. The van der Waals surface area contributed by atoms with Gasteiger partial charge in [-0.3, -0.25) is 14.5 Å². The van der Waals surface area contributed by atoms with Gasteiger partial charge in [-0.2, -0.15) is 0 Å². The van der Waals surface area contributed by atoms with Crippen LogP contribution in [-0.4, -0.2) is 85.3 Å². The summed E-state index contributed by atoms with van der Waals surface area (Å²) in [5.41, 5.74) is -0.0197. The van der Waals surface area contributed by atoms with Gasteiger partial charge < -0.3 is 20.0 Å². The third kappa shape index (κ3) is 2.95. The van der Waals surface area contributed by atoms with Crippen LogP contribution in [0.25, 0.3) is 0 Å². The van der Waals surface area contributed by atoms with Gasteiger partial charge in [-0.15, -0.1) is 11.8 Å². The summed E-state index contributed by atoms with van der Waals surface area (Å²) in [5.74, 6) is -2.52. The number of amides is 4. The fourth-order valence-electron chi connectivity index (χ4n) is 5.14. The number of aliphatic carboxylic acids is 1. The Labute approximate surface area is 179 Å². The molecule has 4 rings (SSSR count). The summed E-state index contributed by atoms with van der Waals surface area (Å²) in [6, 6.07) is -1.11. The second-order valence-corrected chi connectivity index (χ2v) is 9.88. The monoisotopic (exact) mass is 437 g/mol. The first-order chi connectivity index (χ1) is 14.2. The first-order valence-corrected chi connectivity index (χ1v) is 11.3. The molecule has 0 spiro atoms. The number of nitrogens with zero attached hydrogens (tertiary/aromatic N) is 3. The molecule has 0 aromatic carbocycles. The smallest absolute Gasteiger partial charge is 0.353 e. The molecule has 0 saturated carbocycles. The van der Waals surface area contributed by atoms with Crippen molar-refractivity contribution in [2.45, 2.75) is 63.5 Å². The number of urea groups is 1. The standard InChI is InChI=1S/C20H27N3O6S/c1-4-5-6-21-17(25)12-7-11(8-22(12)20(21)29)30-16-9(2)14-13(10(3)24)18(26)23(14)15(16)19(27)28/h9-14,24H,4-8H2,1-3H3,(H,27,28)/t9-,10-,11+,12+,13-,14-/m1/s1. The van der Waals surface area contributed by atoms with E-state index in [9.17, 15) is 29.4 Å². The number of hydrogen-bond acceptors (Lipinski definition) is 6. The number of imide groups is 1. The van der Waals surface area contributed by atoms with Crippen molar-refractivity contribution in [2.75, 3.05) is 13.1 Å². The largest absolute Gasteiger partial charge is 0.477 e. The third-order valence-corrected chi connectivity index (χ3v) is 8.12. The highest BCUT2D eigenvalue weighted by molar-refractivity contribution is 8.03. The molecule has 4 aliphatic rings. The highest BCUT2D eigenvalue weighted by atomic mass is 32.2. The summed E-state index contributed by atoms with van der Waals surface area (Å²) in [5, 5.41) is 19.6. The molecule has 30 heavy (non-hydrogen) atoms. The molecule has 2 N–H and O–H groups in total. The quantitative estimate of drug-likeness (QED) is 0.452. The van der Waals surface area contributed by atoms with Crippen LogP contribution < -0.4 is 0 Å². The molecule has 6 atom stereocenters. The minimum absolute atomic E-state index is 0.0197. The van der Waals surface area contributed by atoms with E-state index in [0.717, 1.165) is 12.8 Å². The molecule has 0 aromatic heterocycles. The first kappa shape index (κ1) is 21.2. The molecule has 0 bridgehead atoms. The SMILES string of the molecule is CCCCN1C(=O)[C@@H]2C[C@H](SC3=C(C(=O)O)N4C(=O)[C@H]([C@@H](C)O)[C@H]4[C@H]3C)CN2C1=O. The van der Waals surface area contributed by atoms with Crippen molar-refractivity contribution < 1.29 is 29.4 Å². The summed E-state index contributed by atoms with van der Waals surface area (Å²) < 4.78 is 0. The maximum Gasteiger partial charge on any atom is 0.353 e. The molecular formula is C20H27N3O6S. The van der Waals surface area contributed by atoms with Crippen LogP contribution in [-0.2, 0) is 14.4 Å². The number of fused-ring (bicyclic) bond motifs is 2. The number of β-lactam (4-membered cyclic amide) rings is 1. The lowest BCUT2D eigenvalue weighted by atomic mass is 9.79. The van der Waals surface area contributed by atoms with Gasteiger partial charge in [0.1, 0.15) is 11.7 Å². The molecule has 3 fully saturated rings. The number of rotatable bonds is 7. The lowest BCUT2D eigenvalue weighted by molar-refractivity contribution is -0.163. The second-order valence-electron chi connectivity index (χ2n) is 8.54. The fraction of sp³-hybridized carbons (Fsp3) is 0.700. The highest BCUT2D eigenvalue weighted by Gasteiger charge is 2.60. The molecule has 0 aromatic rings. The van der Waals surface area contributed by atoms with E-state index in [1.54, 1.807) is 11.8 Å². The molecule has 164 valence electrons. The van der Waals surface area contributed by atoms with E-state index in [4.69, 9.17) is 0 Å². The van der Waals surface area contributed by atoms with E-state index in [-0.39, 0.29) is 40.8 Å². The van der Waals surface area contributed by atoms with E-state index in [1.807, 2.05) is 13.8 Å². The summed E-state index contributed by atoms with van der Waals surface area (Å²) in [6.07, 6.45) is 1.30. The Morgan fingerprint density at radius 3 is 2.53 bits per heavy atom. The lowest BCUT2D eigenvalue weighted by Gasteiger charge is -2.46. The predicted octanol–water partition coefficient (Wildman–Crippen LogP) is 1.08. The van der Waals surface area contributed by atoms with Crippen LogP contribution in [0.15, 0.2) is 10.6 Å². The van der Waals surface area contributed by atoms with E-state index < -0.39 is 24.0 Å². The van der Waals surface area contributed by atoms with Crippen molar-refractivity contribution in [3.8, 4) is 0 Å². The normalized spacial score (nSPS) is 33.9. The van der Waals surface area contributed by atoms with Crippen LogP contribution in [0.1, 0.15) is 40.0 Å². The molecule has 4 heterocycles. The topological polar surface area (TPSA) is 118 Å². The van der Waals surface area contributed by atoms with Gasteiger partial charge in [-0.1, -0.05) is 20.3 Å². The fourth-order valence-corrected chi connectivity index (χ4v) is 6.66. The molecular weight excluding hydrogens is 410 g/mol. The zero-order chi connectivity index (χ0) is 21.9. The van der Waals surface area contributed by atoms with Gasteiger partial charge in [0.25, 0.3) is 5.91 Å². The molecule has 4 amide bonds. The van der Waals surface area contributed by atoms with E-state index >= 15 is 0 Å². The molecule has 9 nitrogen and oxygen atoms in total. The van der Waals surface area contributed by atoms with Crippen LogP contribution >= 0.6 is 11.8 Å². The van der Waals surface area contributed by atoms with Gasteiger partial charge >= 0.3 is 12.0 Å². The molecule has 0 aliphatic carbocycles. The summed E-state index contributed by atoms with van der Waals surface area (Å²) in [7, 11) is 0. The number of unbranched alkanes of at least 4 members (excludes halogenated alkanes) is 1. The Hall–Kier alpha value is -2.07. The maximum atomic E-state index is 12.7. The Morgan fingerprint density at radius 2 is 1.97 bits per heavy atom. The van der Waals surface area contributed by atoms with Gasteiger partial charge in [0.15, 0.2) is 0 Å². The maximum absolute atomic E-state index is 12.7. The predicted molar refractivity (Wildman–Crippen MR) is 108 cm³/mol. The lowest BCUT2D eigenvalue weighted by Crippen LogP contribution is -2.63. The summed E-state index contributed by atoms with van der Waals surface area (Å²) >= 11 is 1.36. The number of hydrogen-bond donors (Lipinski definition) is 2. The average Bonchev–Trinajstić information content (AvgIpc) is 3.26. The van der Waals surface area contributed by atoms with Gasteiger partial charge in [0.2, 0.25) is 5.91 Å². The molecule has 0 radical (unpaired) electrons. The number of aliphatic hydroxyl groups is 1. The summed E-state index contributed by atoms with van der Waals surface area (Å²) in [4.78, 5) is 54.5. The van der Waals surface area contributed by atoms with Crippen molar-refractivity contribution in [1.82, 2.24) is 14.7 Å². The Bertz CT molecular complexity index is 818.